The van der Waals surface area contributed by atoms with E-state index < -0.39 is 42.3 Å². The smallest absolute Gasteiger partial charge is 0.391 e. The number of aryl methyl sites for hydroxylation is 1. The van der Waals surface area contributed by atoms with Crippen molar-refractivity contribution in [1.82, 2.24) is 19.8 Å². The lowest BCUT2D eigenvalue weighted by atomic mass is 9.86. The number of carbonyl (C=O) groups is 1. The number of nitrogens with zero attached hydrogens (tertiary/aromatic N) is 2. The van der Waals surface area contributed by atoms with Crippen molar-refractivity contribution in [2.45, 2.75) is 71.3 Å². The third kappa shape index (κ3) is 8.35. The van der Waals surface area contributed by atoms with Crippen molar-refractivity contribution in [1.29, 1.82) is 0 Å². The van der Waals surface area contributed by atoms with E-state index in [1.807, 2.05) is 0 Å². The van der Waals surface area contributed by atoms with Gasteiger partial charge in [-0.2, -0.15) is 27.1 Å². The number of hydrogen-bond donors (Lipinski definition) is 3. The molecule has 1 aliphatic carbocycles. The zero-order valence-corrected chi connectivity index (χ0v) is 22.8. The van der Waals surface area contributed by atoms with Gasteiger partial charge in [-0.1, -0.05) is 24.6 Å². The summed E-state index contributed by atoms with van der Waals surface area (Å²) in [5.74, 6) is -2.51. The summed E-state index contributed by atoms with van der Waals surface area (Å²) in [6.07, 6.45) is -2.09. The number of aromatic nitrogens is 2. The van der Waals surface area contributed by atoms with Crippen molar-refractivity contribution in [2.75, 3.05) is 6.54 Å². The molecule has 1 aliphatic rings. The van der Waals surface area contributed by atoms with Crippen LogP contribution in [0.25, 0.3) is 11.3 Å². The van der Waals surface area contributed by atoms with E-state index in [1.165, 1.54) is 16.8 Å². The first-order valence-electron chi connectivity index (χ1n) is 12.4. The second-order valence-corrected chi connectivity index (χ2v) is 10.6. The monoisotopic (exact) mass is 600 g/mol. The summed E-state index contributed by atoms with van der Waals surface area (Å²) >= 11 is 4.44. The number of alkyl halides is 5. The molecule has 1 saturated carbocycles. The molecule has 1 amide bonds. The highest BCUT2D eigenvalue weighted by Crippen LogP contribution is 2.39. The summed E-state index contributed by atoms with van der Waals surface area (Å²) < 4.78 is 93.9. The number of rotatable bonds is 11. The lowest BCUT2D eigenvalue weighted by Crippen LogP contribution is -2.37. The van der Waals surface area contributed by atoms with E-state index in [-0.39, 0.29) is 51.8 Å². The molecule has 8 nitrogen and oxygen atoms in total. The molecule has 3 N–H and O–H groups in total. The second kappa shape index (κ2) is 13.4. The van der Waals surface area contributed by atoms with Gasteiger partial charge in [0.15, 0.2) is 5.69 Å². The van der Waals surface area contributed by atoms with Crippen LogP contribution in [-0.4, -0.2) is 49.8 Å². The van der Waals surface area contributed by atoms with Gasteiger partial charge in [-0.15, -0.1) is 0 Å². The first-order valence-corrected chi connectivity index (χ1v) is 13.8. The van der Waals surface area contributed by atoms with Gasteiger partial charge in [0.25, 0.3) is 5.91 Å². The van der Waals surface area contributed by atoms with Crippen molar-refractivity contribution >= 4 is 28.8 Å². The third-order valence-corrected chi connectivity index (χ3v) is 7.59. The van der Waals surface area contributed by atoms with Gasteiger partial charge in [0.2, 0.25) is 11.3 Å². The first-order chi connectivity index (χ1) is 18.3. The molecule has 218 valence electrons. The zero-order valence-electron chi connectivity index (χ0n) is 21.2. The molecular weight excluding hydrogens is 571 g/mol. The summed E-state index contributed by atoms with van der Waals surface area (Å²) in [5.41, 5.74) is 0.200. The summed E-state index contributed by atoms with van der Waals surface area (Å²) in [6, 6.07) is 3.74. The van der Waals surface area contributed by atoms with Gasteiger partial charge in [-0.25, -0.2) is 8.93 Å². The quantitative estimate of drug-likeness (QED) is 0.231. The molecule has 0 saturated heterocycles. The Labute approximate surface area is 230 Å². The van der Waals surface area contributed by atoms with Gasteiger partial charge >= 0.3 is 12.8 Å². The largest absolute Gasteiger partial charge is 0.434 e. The summed E-state index contributed by atoms with van der Waals surface area (Å²) in [4.78, 5) is 12.9. The maximum atomic E-state index is 13.2. The fourth-order valence-corrected chi connectivity index (χ4v) is 5.41. The van der Waals surface area contributed by atoms with Crippen LogP contribution in [0.1, 0.15) is 55.6 Å². The topological polar surface area (TPSA) is 105 Å². The molecule has 15 heteroatoms. The highest BCUT2D eigenvalue weighted by atomic mass is 35.5. The van der Waals surface area contributed by atoms with Crippen molar-refractivity contribution in [3.8, 4) is 17.0 Å². The average molecular weight is 601 g/mol. The number of benzene rings is 1. The Morgan fingerprint density at radius 1 is 1.28 bits per heavy atom. The Bertz CT molecular complexity index is 1170. The Morgan fingerprint density at radius 3 is 2.51 bits per heavy atom. The number of amides is 1. The van der Waals surface area contributed by atoms with Crippen LogP contribution in [0.15, 0.2) is 18.2 Å². The van der Waals surface area contributed by atoms with Gasteiger partial charge in [0.1, 0.15) is 5.75 Å². The van der Waals surface area contributed by atoms with Crippen LogP contribution in [0.4, 0.5) is 22.0 Å². The van der Waals surface area contributed by atoms with E-state index in [0.29, 0.717) is 19.4 Å². The predicted octanol–water partition coefficient (Wildman–Crippen LogP) is 5.58. The van der Waals surface area contributed by atoms with Crippen LogP contribution >= 0.6 is 11.6 Å². The van der Waals surface area contributed by atoms with Crippen molar-refractivity contribution < 1.29 is 40.2 Å². The van der Waals surface area contributed by atoms with Crippen LogP contribution in [0.5, 0.6) is 5.75 Å². The van der Waals surface area contributed by atoms with Gasteiger partial charge in [-0.3, -0.25) is 14.0 Å². The first kappa shape index (κ1) is 31.2. The van der Waals surface area contributed by atoms with Crippen molar-refractivity contribution in [2.24, 2.45) is 11.8 Å². The summed E-state index contributed by atoms with van der Waals surface area (Å²) in [5, 5.41) is 6.92. The van der Waals surface area contributed by atoms with Gasteiger partial charge < -0.3 is 10.1 Å². The minimum absolute atomic E-state index is 0.0594. The second-order valence-electron chi connectivity index (χ2n) is 9.48. The van der Waals surface area contributed by atoms with E-state index in [9.17, 15) is 31.0 Å². The minimum Gasteiger partial charge on any atom is -0.434 e. The molecule has 3 rings (SSSR count). The van der Waals surface area contributed by atoms with Gasteiger partial charge in [-0.05, 0) is 62.6 Å². The molecule has 0 aliphatic heterocycles. The SMILES string of the molecule is CCn1nc(C(=O)NCC2CCC(NS(=O)O)CC2)c(Cl)c1-c1ccc(C[C@H](C)C(F)(F)F)cc1OC(F)F. The number of nitrogens with one attached hydrogen (secondary N) is 2. The predicted molar refractivity (Wildman–Crippen MR) is 136 cm³/mol. The molecule has 1 heterocycles. The van der Waals surface area contributed by atoms with Gasteiger partial charge in [0.05, 0.1) is 16.6 Å². The van der Waals surface area contributed by atoms with Crippen LogP contribution in [-0.2, 0) is 24.2 Å². The molecule has 1 aromatic heterocycles. The molecule has 2 aromatic rings. The Morgan fingerprint density at radius 2 is 1.95 bits per heavy atom. The highest BCUT2D eigenvalue weighted by molar-refractivity contribution is 7.77. The molecule has 1 aromatic carbocycles. The van der Waals surface area contributed by atoms with Crippen molar-refractivity contribution in [3.63, 3.8) is 0 Å². The van der Waals surface area contributed by atoms with E-state index in [2.05, 4.69) is 19.9 Å². The molecule has 1 unspecified atom stereocenters. The molecule has 39 heavy (non-hydrogen) atoms. The molecule has 0 spiro atoms. The van der Waals surface area contributed by atoms with Crippen LogP contribution in [0, 0.1) is 11.8 Å². The molecule has 0 radical (unpaired) electrons. The maximum absolute atomic E-state index is 13.2. The number of ether oxygens (including phenoxy) is 1. The fourth-order valence-electron chi connectivity index (χ4n) is 4.57. The molecular formula is C24H30ClF5N4O4S. The highest BCUT2D eigenvalue weighted by Gasteiger charge is 2.36. The van der Waals surface area contributed by atoms with E-state index in [0.717, 1.165) is 25.8 Å². The lowest BCUT2D eigenvalue weighted by Gasteiger charge is -2.28. The van der Waals surface area contributed by atoms with Crippen LogP contribution in [0.2, 0.25) is 5.02 Å². The molecule has 1 fully saturated rings. The van der Waals surface area contributed by atoms with Crippen LogP contribution in [0.3, 0.4) is 0 Å². The lowest BCUT2D eigenvalue weighted by molar-refractivity contribution is -0.169. The zero-order chi connectivity index (χ0) is 28.9. The van der Waals surface area contributed by atoms with Crippen molar-refractivity contribution in [3.05, 3.63) is 34.5 Å². The van der Waals surface area contributed by atoms with E-state index >= 15 is 0 Å². The molecule has 0 bridgehead atoms. The Kier molecular flexibility index (Phi) is 10.7. The van der Waals surface area contributed by atoms with E-state index in [4.69, 9.17) is 16.2 Å². The Hall–Kier alpha value is -2.29. The number of carbonyl (C=O) groups excluding carboxylic acids is 1. The van der Waals surface area contributed by atoms with Gasteiger partial charge in [0, 0.05) is 24.7 Å². The van der Waals surface area contributed by atoms with E-state index in [1.54, 1.807) is 6.92 Å². The Balaban J connectivity index is 1.81. The molecule has 2 atom stereocenters. The number of halogens is 6. The van der Waals surface area contributed by atoms with Crippen LogP contribution < -0.4 is 14.8 Å². The average Bonchev–Trinajstić information content (AvgIpc) is 3.18. The number of hydrogen-bond acceptors (Lipinski definition) is 4. The summed E-state index contributed by atoms with van der Waals surface area (Å²) in [6.45, 7) is -0.0132. The maximum Gasteiger partial charge on any atom is 0.391 e. The standard InChI is InChI=1S/C24H30ClF5N4O4S/c1-3-34-21(17-9-6-15(10-13(2)24(28,29)30)11-18(17)38-23(26)27)19(25)20(32-34)22(35)31-12-14-4-7-16(8-5-14)33-39(36)37/h6,9,11,13-14,16,23,33H,3-5,7-8,10,12H2,1-2H3,(H,31,35)(H,36,37)/t13-,14?,16?/m0/s1. The third-order valence-electron chi connectivity index (χ3n) is 6.69. The normalized spacial score (nSPS) is 19.6. The fraction of sp³-hybridized carbons (Fsp3) is 0.583. The minimum atomic E-state index is -4.45. The summed E-state index contributed by atoms with van der Waals surface area (Å²) in [7, 11) is 0.